The lowest BCUT2D eigenvalue weighted by Gasteiger charge is -2.42. The molecule has 0 bridgehead atoms. The van der Waals surface area contributed by atoms with Crippen LogP contribution in [0, 0.1) is 0 Å². The quantitative estimate of drug-likeness (QED) is 0.588. The summed E-state index contributed by atoms with van der Waals surface area (Å²) in [5, 5.41) is -0.0263. The summed E-state index contributed by atoms with van der Waals surface area (Å²) >= 11 is 0. The molecule has 0 aromatic carbocycles. The summed E-state index contributed by atoms with van der Waals surface area (Å²) in [5.74, 6) is 0. The zero-order valence-electron chi connectivity index (χ0n) is 14.6. The number of hydrogen-bond acceptors (Lipinski definition) is 2. The van der Waals surface area contributed by atoms with E-state index in [1.165, 1.54) is 11.1 Å². The van der Waals surface area contributed by atoms with Crippen molar-refractivity contribution in [2.75, 3.05) is 0 Å². The second-order valence-corrected chi connectivity index (χ2v) is 8.87. The fourth-order valence-corrected chi connectivity index (χ4v) is 6.33. The Kier molecular flexibility index (Phi) is 6.01. The van der Waals surface area contributed by atoms with E-state index in [9.17, 15) is 0 Å². The van der Waals surface area contributed by atoms with E-state index >= 15 is 0 Å². The van der Waals surface area contributed by atoms with Crippen LogP contribution in [0.15, 0.2) is 47.6 Å². The molecule has 0 atom stereocenters. The molecule has 0 aromatic heterocycles. The van der Waals surface area contributed by atoms with Crippen LogP contribution in [-0.4, -0.2) is 21.5 Å². The van der Waals surface area contributed by atoms with Gasteiger partial charge in [-0.2, -0.15) is 0 Å². The molecule has 0 unspecified atom stereocenters. The van der Waals surface area contributed by atoms with Gasteiger partial charge in [0, 0.05) is 12.2 Å². The predicted octanol–water partition coefficient (Wildman–Crippen LogP) is 4.98. The highest BCUT2D eigenvalue weighted by Gasteiger charge is 2.48. The highest BCUT2D eigenvalue weighted by Crippen LogP contribution is 2.54. The molecule has 0 radical (unpaired) electrons. The summed E-state index contributed by atoms with van der Waals surface area (Å²) in [6.07, 6.45) is 16.9. The smallest absolute Gasteiger partial charge is 0.336 e. The summed E-state index contributed by atoms with van der Waals surface area (Å²) in [6.45, 7) is 10.8. The van der Waals surface area contributed by atoms with Crippen LogP contribution < -0.4 is 0 Å². The van der Waals surface area contributed by atoms with Gasteiger partial charge in [0.1, 0.15) is 0 Å². The van der Waals surface area contributed by atoms with Crippen molar-refractivity contribution in [1.82, 2.24) is 0 Å². The van der Waals surface area contributed by atoms with Crippen molar-refractivity contribution in [3.05, 3.63) is 47.6 Å². The van der Waals surface area contributed by atoms with Gasteiger partial charge in [0.25, 0.3) is 0 Å². The third-order valence-corrected chi connectivity index (χ3v) is 7.98. The van der Waals surface area contributed by atoms with Crippen molar-refractivity contribution in [2.24, 2.45) is 0 Å². The van der Waals surface area contributed by atoms with Crippen LogP contribution in [0.3, 0.4) is 0 Å². The molecule has 2 aliphatic carbocycles. The SMILES string of the molecule is CCC(C1=CC=CC1)(C1=CC=CC1)[SiH](OC(C)C)OC(C)C. The molecule has 122 valence electrons. The highest BCUT2D eigenvalue weighted by molar-refractivity contribution is 6.51. The molecular formula is C19H30O2Si. The Bertz CT molecular complexity index is 458. The third kappa shape index (κ3) is 3.53. The van der Waals surface area contributed by atoms with Gasteiger partial charge in [-0.1, -0.05) is 54.5 Å². The standard InChI is InChI=1S/C19H30O2Si/c1-6-19(17-11-7-8-12-17,18-13-9-10-14-18)22(20-15(2)3)21-16(4)5/h7-11,13,15-16,22H,6,12,14H2,1-5H3. The first-order valence-electron chi connectivity index (χ1n) is 8.54. The molecular weight excluding hydrogens is 288 g/mol. The summed E-state index contributed by atoms with van der Waals surface area (Å²) in [5.41, 5.74) is 2.95. The predicted molar refractivity (Wildman–Crippen MR) is 96.3 cm³/mol. The molecule has 3 heteroatoms. The van der Waals surface area contributed by atoms with Crippen LogP contribution in [0.4, 0.5) is 0 Å². The fourth-order valence-electron chi connectivity index (χ4n) is 3.44. The molecule has 0 aliphatic heterocycles. The summed E-state index contributed by atoms with van der Waals surface area (Å²) in [6, 6.07) is 0. The van der Waals surface area contributed by atoms with E-state index in [4.69, 9.17) is 8.85 Å². The van der Waals surface area contributed by atoms with E-state index in [1.54, 1.807) is 0 Å². The summed E-state index contributed by atoms with van der Waals surface area (Å²) in [4.78, 5) is 0. The molecule has 0 aromatic rings. The van der Waals surface area contributed by atoms with Gasteiger partial charge in [0.05, 0.1) is 5.04 Å². The van der Waals surface area contributed by atoms with Gasteiger partial charge in [0.15, 0.2) is 0 Å². The van der Waals surface area contributed by atoms with Crippen molar-refractivity contribution in [2.45, 2.75) is 71.1 Å². The molecule has 0 amide bonds. The lowest BCUT2D eigenvalue weighted by molar-refractivity contribution is 0.116. The topological polar surface area (TPSA) is 18.5 Å². The lowest BCUT2D eigenvalue weighted by atomic mass is 9.85. The Morgan fingerprint density at radius 2 is 1.41 bits per heavy atom. The first-order valence-corrected chi connectivity index (χ1v) is 10.1. The number of rotatable bonds is 8. The Morgan fingerprint density at radius 3 is 1.68 bits per heavy atom. The largest absolute Gasteiger partial charge is 0.393 e. The zero-order valence-corrected chi connectivity index (χ0v) is 15.8. The van der Waals surface area contributed by atoms with Crippen molar-refractivity contribution >= 4 is 9.28 Å². The third-order valence-electron chi connectivity index (χ3n) is 4.44. The molecule has 2 nitrogen and oxygen atoms in total. The van der Waals surface area contributed by atoms with Gasteiger partial charge >= 0.3 is 9.28 Å². The average Bonchev–Trinajstić information content (AvgIpc) is 3.12. The molecule has 2 aliphatic rings. The minimum absolute atomic E-state index is 0.0263. The van der Waals surface area contributed by atoms with Gasteiger partial charge in [-0.3, -0.25) is 0 Å². The van der Waals surface area contributed by atoms with Gasteiger partial charge < -0.3 is 8.85 Å². The Morgan fingerprint density at radius 1 is 0.955 bits per heavy atom. The van der Waals surface area contributed by atoms with E-state index in [0.29, 0.717) is 0 Å². The van der Waals surface area contributed by atoms with Crippen molar-refractivity contribution in [3.63, 3.8) is 0 Å². The van der Waals surface area contributed by atoms with E-state index < -0.39 is 9.28 Å². The van der Waals surface area contributed by atoms with Gasteiger partial charge in [-0.25, -0.2) is 0 Å². The first-order chi connectivity index (χ1) is 10.5. The van der Waals surface area contributed by atoms with Crippen LogP contribution in [0.5, 0.6) is 0 Å². The molecule has 0 spiro atoms. The van der Waals surface area contributed by atoms with Crippen LogP contribution in [0.25, 0.3) is 0 Å². The van der Waals surface area contributed by atoms with Crippen molar-refractivity contribution < 1.29 is 8.85 Å². The normalized spacial score (nSPS) is 18.0. The van der Waals surface area contributed by atoms with Gasteiger partial charge in [-0.15, -0.1) is 0 Å². The van der Waals surface area contributed by atoms with Crippen LogP contribution in [0.2, 0.25) is 5.04 Å². The Balaban J connectivity index is 2.43. The molecule has 22 heavy (non-hydrogen) atoms. The maximum absolute atomic E-state index is 6.42. The minimum atomic E-state index is -1.92. The Labute approximate surface area is 137 Å². The number of hydrogen-bond donors (Lipinski definition) is 0. The monoisotopic (exact) mass is 318 g/mol. The van der Waals surface area contributed by atoms with E-state index in [0.717, 1.165) is 19.3 Å². The average molecular weight is 319 g/mol. The maximum Gasteiger partial charge on any atom is 0.336 e. The second-order valence-electron chi connectivity index (χ2n) is 6.67. The van der Waals surface area contributed by atoms with Crippen molar-refractivity contribution in [3.8, 4) is 0 Å². The first kappa shape index (κ1) is 17.5. The Hall–Kier alpha value is -0.903. The van der Waals surface area contributed by atoms with Crippen LogP contribution in [-0.2, 0) is 8.85 Å². The zero-order chi connectivity index (χ0) is 16.2. The number of allylic oxidation sites excluding steroid dienone is 8. The molecule has 0 saturated carbocycles. The van der Waals surface area contributed by atoms with Crippen LogP contribution in [0.1, 0.15) is 53.9 Å². The van der Waals surface area contributed by atoms with E-state index in [-0.39, 0.29) is 17.2 Å². The van der Waals surface area contributed by atoms with Gasteiger partial charge in [0.2, 0.25) is 0 Å². The summed E-state index contributed by atoms with van der Waals surface area (Å²) < 4.78 is 12.8. The molecule has 0 heterocycles. The molecule has 0 N–H and O–H groups in total. The highest BCUT2D eigenvalue weighted by atomic mass is 28.3. The molecule has 2 rings (SSSR count). The molecule has 0 fully saturated rings. The maximum atomic E-state index is 6.42. The van der Waals surface area contributed by atoms with E-state index in [1.807, 2.05) is 0 Å². The lowest BCUT2D eigenvalue weighted by Crippen LogP contribution is -2.43. The van der Waals surface area contributed by atoms with Crippen molar-refractivity contribution in [1.29, 1.82) is 0 Å². The fraction of sp³-hybridized carbons (Fsp3) is 0.579. The van der Waals surface area contributed by atoms with Crippen LogP contribution >= 0.6 is 0 Å². The molecule has 0 saturated heterocycles. The second kappa shape index (κ2) is 7.58. The minimum Gasteiger partial charge on any atom is -0.393 e. The van der Waals surface area contributed by atoms with E-state index in [2.05, 4.69) is 71.1 Å². The summed E-state index contributed by atoms with van der Waals surface area (Å²) in [7, 11) is -1.92. The van der Waals surface area contributed by atoms with Gasteiger partial charge in [-0.05, 0) is 47.0 Å².